The molecule has 0 spiro atoms. The van der Waals surface area contributed by atoms with Gasteiger partial charge in [-0.1, -0.05) is 61.9 Å². The zero-order chi connectivity index (χ0) is 23.8. The summed E-state index contributed by atoms with van der Waals surface area (Å²) in [5.41, 5.74) is 4.89. The van der Waals surface area contributed by atoms with E-state index in [0.29, 0.717) is 17.9 Å². The lowest BCUT2D eigenvalue weighted by Gasteiger charge is -2.18. The molecular weight excluding hydrogens is 427 g/mol. The van der Waals surface area contributed by atoms with Crippen molar-refractivity contribution in [3.05, 3.63) is 101 Å². The summed E-state index contributed by atoms with van der Waals surface area (Å²) in [5, 5.41) is 2.63. The minimum absolute atomic E-state index is 0.108. The maximum absolute atomic E-state index is 12.5. The van der Waals surface area contributed by atoms with Crippen LogP contribution in [0.5, 0.6) is 0 Å². The van der Waals surface area contributed by atoms with Crippen molar-refractivity contribution in [2.75, 3.05) is 7.05 Å². The van der Waals surface area contributed by atoms with Gasteiger partial charge >= 0.3 is 6.36 Å². The van der Waals surface area contributed by atoms with Gasteiger partial charge in [0.15, 0.2) is 0 Å². The molecule has 0 bridgehead atoms. The number of rotatable bonds is 8. The molecule has 1 N–H and O–H groups in total. The highest BCUT2D eigenvalue weighted by Crippen LogP contribution is 2.31. The van der Waals surface area contributed by atoms with Gasteiger partial charge in [0.1, 0.15) is 5.76 Å². The quantitative estimate of drug-likeness (QED) is 0.468. The summed E-state index contributed by atoms with van der Waals surface area (Å²) in [7, 11) is 1.61. The first-order valence-corrected chi connectivity index (χ1v) is 11.0. The third kappa shape index (κ3) is 7.11. The molecule has 0 fully saturated rings. The monoisotopic (exact) mass is 455 g/mol. The predicted octanol–water partition coefficient (Wildman–Crippen LogP) is 6.94. The first-order chi connectivity index (χ1) is 15.8. The topological polar surface area (TPSA) is 38.3 Å². The molecule has 174 valence electrons. The van der Waals surface area contributed by atoms with Crippen molar-refractivity contribution in [2.24, 2.45) is 0 Å². The minimum Gasteiger partial charge on any atom is -0.406 e. The number of benzene rings is 2. The van der Waals surface area contributed by atoms with Crippen molar-refractivity contribution in [2.45, 2.75) is 44.9 Å². The number of alkyl halides is 3. The van der Waals surface area contributed by atoms with E-state index < -0.39 is 6.36 Å². The Morgan fingerprint density at radius 2 is 1.88 bits per heavy atom. The van der Waals surface area contributed by atoms with Crippen LogP contribution in [-0.2, 0) is 11.2 Å². The highest BCUT2D eigenvalue weighted by molar-refractivity contribution is 5.93. The summed E-state index contributed by atoms with van der Waals surface area (Å²) < 4.78 is 41.6. The van der Waals surface area contributed by atoms with Crippen LogP contribution < -0.4 is 5.32 Å². The Labute approximate surface area is 192 Å². The van der Waals surface area contributed by atoms with Crippen molar-refractivity contribution < 1.29 is 22.7 Å². The van der Waals surface area contributed by atoms with Crippen LogP contribution in [0.1, 0.15) is 59.2 Å². The second-order valence-corrected chi connectivity index (χ2v) is 8.01. The van der Waals surface area contributed by atoms with Gasteiger partial charge in [0.05, 0.1) is 0 Å². The largest absolute Gasteiger partial charge is 0.573 e. The third-order valence-electron chi connectivity index (χ3n) is 5.59. The molecule has 33 heavy (non-hydrogen) atoms. The zero-order valence-electron chi connectivity index (χ0n) is 18.8. The number of nitrogens with one attached hydrogen (secondary N) is 1. The van der Waals surface area contributed by atoms with Crippen LogP contribution in [0.15, 0.2) is 78.6 Å². The van der Waals surface area contributed by atoms with Crippen molar-refractivity contribution in [1.82, 2.24) is 5.32 Å². The average Bonchev–Trinajstić information content (AvgIpc) is 3.03. The average molecular weight is 456 g/mol. The number of allylic oxidation sites excluding steroid dienone is 5. The molecule has 1 aliphatic carbocycles. The zero-order valence-corrected chi connectivity index (χ0v) is 18.8. The normalized spacial score (nSPS) is 14.7. The van der Waals surface area contributed by atoms with Crippen LogP contribution in [0.4, 0.5) is 13.2 Å². The van der Waals surface area contributed by atoms with Crippen molar-refractivity contribution in [1.29, 1.82) is 0 Å². The number of carbonyl (C=O) groups excluding carboxylic acids is 1. The van der Waals surface area contributed by atoms with E-state index in [1.54, 1.807) is 19.2 Å². The lowest BCUT2D eigenvalue weighted by atomic mass is 9.86. The fourth-order valence-electron chi connectivity index (χ4n) is 3.97. The first kappa shape index (κ1) is 24.4. The Balaban J connectivity index is 1.81. The first-order valence-electron chi connectivity index (χ1n) is 11.0. The van der Waals surface area contributed by atoms with E-state index >= 15 is 0 Å². The lowest BCUT2D eigenvalue weighted by molar-refractivity contribution is -0.303. The van der Waals surface area contributed by atoms with Crippen molar-refractivity contribution in [3.8, 4) is 0 Å². The van der Waals surface area contributed by atoms with E-state index in [9.17, 15) is 18.0 Å². The second-order valence-electron chi connectivity index (χ2n) is 8.01. The lowest BCUT2D eigenvalue weighted by Crippen LogP contribution is -2.17. The van der Waals surface area contributed by atoms with Gasteiger partial charge in [0, 0.05) is 12.6 Å². The second kappa shape index (κ2) is 11.0. The van der Waals surface area contributed by atoms with E-state index in [2.05, 4.69) is 29.1 Å². The molecule has 1 aliphatic rings. The fourth-order valence-corrected chi connectivity index (χ4v) is 3.97. The van der Waals surface area contributed by atoms with Crippen LogP contribution in [0.25, 0.3) is 5.57 Å². The number of hydrogen-bond donors (Lipinski definition) is 1. The van der Waals surface area contributed by atoms with Gasteiger partial charge in [-0.05, 0) is 71.7 Å². The molecule has 0 aromatic heterocycles. The highest BCUT2D eigenvalue weighted by atomic mass is 19.4. The standard InChI is InChI=1S/C27H28F3NO2/c1-3-6-22(17-19-11-13-21(14-12-19)26(32)31-2)24-9-4-8-23(18-24)20-7-5-10-25(16-15-20)33-27(28,29)30/h4-5,8-16,18,22H,3,6-7,17H2,1-2H3,(H,31,32). The van der Waals surface area contributed by atoms with Gasteiger partial charge in [-0.25, -0.2) is 0 Å². The van der Waals surface area contributed by atoms with Crippen LogP contribution in [-0.4, -0.2) is 19.3 Å². The van der Waals surface area contributed by atoms with E-state index in [1.807, 2.05) is 36.4 Å². The molecule has 6 heteroatoms. The molecule has 0 aliphatic heterocycles. The number of carbonyl (C=O) groups is 1. The molecule has 1 unspecified atom stereocenters. The number of ether oxygens (including phenoxy) is 1. The summed E-state index contributed by atoms with van der Waals surface area (Å²) >= 11 is 0. The van der Waals surface area contributed by atoms with Crippen LogP contribution in [0.2, 0.25) is 0 Å². The summed E-state index contributed by atoms with van der Waals surface area (Å²) in [5.74, 6) is -0.0389. The third-order valence-corrected chi connectivity index (χ3v) is 5.59. The maximum Gasteiger partial charge on any atom is 0.573 e. The smallest absolute Gasteiger partial charge is 0.406 e. The number of hydrogen-bond acceptors (Lipinski definition) is 2. The summed E-state index contributed by atoms with van der Waals surface area (Å²) in [4.78, 5) is 11.8. The Hall–Kier alpha value is -3.28. The van der Waals surface area contributed by atoms with Crippen LogP contribution in [0, 0.1) is 0 Å². The SMILES string of the molecule is CCCC(Cc1ccc(C(=O)NC)cc1)c1cccc(C2=CC=C(OC(F)(F)F)C=CC2)c1. The van der Waals surface area contributed by atoms with Crippen LogP contribution >= 0.6 is 0 Å². The number of halogens is 3. The van der Waals surface area contributed by atoms with Gasteiger partial charge in [-0.15, -0.1) is 13.2 Å². The Kier molecular flexibility index (Phi) is 8.15. The Morgan fingerprint density at radius 1 is 1.12 bits per heavy atom. The molecule has 2 aromatic rings. The van der Waals surface area contributed by atoms with Gasteiger partial charge in [-0.2, -0.15) is 0 Å². The molecular formula is C27H28F3NO2. The van der Waals surface area contributed by atoms with Gasteiger partial charge < -0.3 is 10.1 Å². The molecule has 3 nitrogen and oxygen atoms in total. The van der Waals surface area contributed by atoms with Gasteiger partial charge in [0.25, 0.3) is 5.91 Å². The minimum atomic E-state index is -4.71. The molecule has 0 saturated carbocycles. The van der Waals surface area contributed by atoms with Gasteiger partial charge in [-0.3, -0.25) is 4.79 Å². The van der Waals surface area contributed by atoms with E-state index in [-0.39, 0.29) is 11.7 Å². The van der Waals surface area contributed by atoms with Crippen molar-refractivity contribution in [3.63, 3.8) is 0 Å². The fraction of sp³-hybridized carbons (Fsp3) is 0.296. The van der Waals surface area contributed by atoms with Crippen molar-refractivity contribution >= 4 is 11.5 Å². The molecule has 0 radical (unpaired) electrons. The molecule has 0 saturated heterocycles. The van der Waals surface area contributed by atoms with E-state index in [0.717, 1.165) is 36.0 Å². The molecule has 1 amide bonds. The maximum atomic E-state index is 12.5. The summed E-state index contributed by atoms with van der Waals surface area (Å²) in [6.45, 7) is 2.15. The summed E-state index contributed by atoms with van der Waals surface area (Å²) in [6.07, 6.45) is 4.76. The Bertz CT molecular complexity index is 1050. The molecule has 1 atom stereocenters. The van der Waals surface area contributed by atoms with Crippen LogP contribution in [0.3, 0.4) is 0 Å². The predicted molar refractivity (Wildman–Crippen MR) is 125 cm³/mol. The summed E-state index contributed by atoms with van der Waals surface area (Å²) in [6, 6.07) is 15.9. The highest BCUT2D eigenvalue weighted by Gasteiger charge is 2.31. The number of amides is 1. The molecule has 3 rings (SSSR count). The van der Waals surface area contributed by atoms with Gasteiger partial charge in [0.2, 0.25) is 0 Å². The molecule has 0 heterocycles. The van der Waals surface area contributed by atoms with E-state index in [4.69, 9.17) is 0 Å². The Morgan fingerprint density at radius 3 is 2.55 bits per heavy atom. The molecule has 2 aromatic carbocycles. The van der Waals surface area contributed by atoms with E-state index in [1.165, 1.54) is 17.7 Å².